The van der Waals surface area contributed by atoms with E-state index < -0.39 is 21.5 Å². The van der Waals surface area contributed by atoms with E-state index in [2.05, 4.69) is 4.98 Å². The van der Waals surface area contributed by atoms with Crippen molar-refractivity contribution in [2.75, 3.05) is 32.1 Å². The first kappa shape index (κ1) is 15.9. The SMILES string of the molecule is CN(CCc1c[nH]c2cc(F)cc(F)c12)CCS(C)(=O)=O. The van der Waals surface area contributed by atoms with Crippen LogP contribution in [0.5, 0.6) is 0 Å². The summed E-state index contributed by atoms with van der Waals surface area (Å²) in [6.07, 6.45) is 3.42. The van der Waals surface area contributed by atoms with E-state index in [1.54, 1.807) is 6.20 Å². The first-order valence-corrected chi connectivity index (χ1v) is 8.63. The van der Waals surface area contributed by atoms with Gasteiger partial charge in [0.2, 0.25) is 0 Å². The number of nitrogens with one attached hydrogen (secondary N) is 1. The Morgan fingerprint density at radius 3 is 2.62 bits per heavy atom. The van der Waals surface area contributed by atoms with Crippen molar-refractivity contribution in [1.29, 1.82) is 0 Å². The fraction of sp³-hybridized carbons (Fsp3) is 0.429. The van der Waals surface area contributed by atoms with Crippen molar-refractivity contribution in [1.82, 2.24) is 9.88 Å². The predicted octanol–water partition coefficient (Wildman–Crippen LogP) is 1.97. The van der Waals surface area contributed by atoms with Crippen molar-refractivity contribution >= 4 is 20.7 Å². The van der Waals surface area contributed by atoms with Crippen LogP contribution >= 0.6 is 0 Å². The Hall–Kier alpha value is -1.47. The number of aromatic amines is 1. The molecule has 0 atom stereocenters. The lowest BCUT2D eigenvalue weighted by Gasteiger charge is -2.15. The number of hydrogen-bond donors (Lipinski definition) is 1. The van der Waals surface area contributed by atoms with E-state index >= 15 is 0 Å². The Labute approximate surface area is 122 Å². The van der Waals surface area contributed by atoms with Gasteiger partial charge in [-0.3, -0.25) is 0 Å². The van der Waals surface area contributed by atoms with Gasteiger partial charge in [0.15, 0.2) is 0 Å². The summed E-state index contributed by atoms with van der Waals surface area (Å²) in [5.74, 6) is -1.10. The molecule has 2 rings (SSSR count). The van der Waals surface area contributed by atoms with Gasteiger partial charge in [-0.2, -0.15) is 0 Å². The highest BCUT2D eigenvalue weighted by molar-refractivity contribution is 7.90. The van der Waals surface area contributed by atoms with Crippen LogP contribution in [0.25, 0.3) is 10.9 Å². The van der Waals surface area contributed by atoms with Gasteiger partial charge < -0.3 is 9.88 Å². The van der Waals surface area contributed by atoms with Crippen LogP contribution in [0.15, 0.2) is 18.3 Å². The maximum atomic E-state index is 13.8. The zero-order chi connectivity index (χ0) is 15.6. The number of sulfone groups is 1. The molecule has 0 bridgehead atoms. The molecule has 0 aliphatic heterocycles. The zero-order valence-corrected chi connectivity index (χ0v) is 12.8. The molecule has 1 aromatic carbocycles. The average molecular weight is 316 g/mol. The van der Waals surface area contributed by atoms with Gasteiger partial charge in [-0.15, -0.1) is 0 Å². The summed E-state index contributed by atoms with van der Waals surface area (Å²) in [4.78, 5) is 4.73. The van der Waals surface area contributed by atoms with E-state index in [0.29, 0.717) is 30.4 Å². The summed E-state index contributed by atoms with van der Waals surface area (Å²) in [6, 6.07) is 2.13. The van der Waals surface area contributed by atoms with Gasteiger partial charge >= 0.3 is 0 Å². The normalized spacial score (nSPS) is 12.4. The van der Waals surface area contributed by atoms with E-state index in [0.717, 1.165) is 11.6 Å². The third-order valence-corrected chi connectivity index (χ3v) is 4.31. The van der Waals surface area contributed by atoms with Crippen molar-refractivity contribution in [3.63, 3.8) is 0 Å². The molecule has 21 heavy (non-hydrogen) atoms. The van der Waals surface area contributed by atoms with Gasteiger partial charge in [-0.05, 0) is 25.1 Å². The fourth-order valence-electron chi connectivity index (χ4n) is 2.19. The van der Waals surface area contributed by atoms with Crippen molar-refractivity contribution in [2.24, 2.45) is 0 Å². The number of fused-ring (bicyclic) bond motifs is 1. The molecule has 1 N–H and O–H groups in total. The first-order chi connectivity index (χ1) is 9.76. The Morgan fingerprint density at radius 1 is 1.24 bits per heavy atom. The lowest BCUT2D eigenvalue weighted by Crippen LogP contribution is -2.27. The number of hydrogen-bond acceptors (Lipinski definition) is 3. The van der Waals surface area contributed by atoms with Crippen LogP contribution in [0.1, 0.15) is 5.56 Å². The molecule has 0 amide bonds. The molecule has 0 saturated carbocycles. The Balaban J connectivity index is 2.04. The van der Waals surface area contributed by atoms with Gasteiger partial charge in [0.1, 0.15) is 21.5 Å². The number of likely N-dealkylation sites (N-methyl/N-ethyl adjacent to an activating group) is 1. The molecule has 0 saturated heterocycles. The molecule has 116 valence electrons. The maximum absolute atomic E-state index is 13.8. The zero-order valence-electron chi connectivity index (χ0n) is 12.0. The van der Waals surface area contributed by atoms with Crippen LogP contribution in [0.3, 0.4) is 0 Å². The maximum Gasteiger partial charge on any atom is 0.148 e. The monoisotopic (exact) mass is 316 g/mol. The molecule has 7 heteroatoms. The molecule has 2 aromatic rings. The minimum Gasteiger partial charge on any atom is -0.361 e. The summed E-state index contributed by atoms with van der Waals surface area (Å²) in [5, 5.41) is 0.396. The second kappa shape index (κ2) is 6.11. The standard InChI is InChI=1S/C14H18F2N2O2S/c1-18(5-6-21(2,19)20)4-3-10-9-17-13-8-11(15)7-12(16)14(10)13/h7-9,17H,3-6H2,1-2H3. The first-order valence-electron chi connectivity index (χ1n) is 6.57. The molecule has 0 aliphatic rings. The lowest BCUT2D eigenvalue weighted by atomic mass is 10.1. The summed E-state index contributed by atoms with van der Waals surface area (Å²) in [5.41, 5.74) is 1.19. The second-order valence-corrected chi connectivity index (χ2v) is 7.57. The molecular formula is C14H18F2N2O2S. The van der Waals surface area contributed by atoms with Crippen LogP contribution in [0.4, 0.5) is 8.78 Å². The number of aromatic nitrogens is 1. The lowest BCUT2D eigenvalue weighted by molar-refractivity contribution is 0.358. The second-order valence-electron chi connectivity index (χ2n) is 5.31. The third kappa shape index (κ3) is 4.25. The van der Waals surface area contributed by atoms with E-state index in [4.69, 9.17) is 0 Å². The van der Waals surface area contributed by atoms with Gasteiger partial charge in [-0.25, -0.2) is 17.2 Å². The van der Waals surface area contributed by atoms with Crippen molar-refractivity contribution in [2.45, 2.75) is 6.42 Å². The van der Waals surface area contributed by atoms with Crippen LogP contribution in [-0.4, -0.2) is 50.4 Å². The number of halogens is 2. The van der Waals surface area contributed by atoms with Crippen LogP contribution in [-0.2, 0) is 16.3 Å². The average Bonchev–Trinajstić information content (AvgIpc) is 2.76. The molecule has 0 spiro atoms. The highest BCUT2D eigenvalue weighted by Crippen LogP contribution is 2.23. The van der Waals surface area contributed by atoms with Crippen molar-refractivity contribution < 1.29 is 17.2 Å². The molecule has 0 radical (unpaired) electrons. The Bertz CT molecular complexity index is 741. The van der Waals surface area contributed by atoms with Crippen LogP contribution in [0, 0.1) is 11.6 Å². The number of benzene rings is 1. The van der Waals surface area contributed by atoms with Crippen molar-refractivity contribution in [3.05, 3.63) is 35.5 Å². The molecular weight excluding hydrogens is 298 g/mol. The van der Waals surface area contributed by atoms with Crippen LogP contribution in [0.2, 0.25) is 0 Å². The molecule has 0 aliphatic carbocycles. The van der Waals surface area contributed by atoms with Crippen LogP contribution < -0.4 is 0 Å². The van der Waals surface area contributed by atoms with E-state index in [1.165, 1.54) is 12.3 Å². The predicted molar refractivity (Wildman–Crippen MR) is 79.1 cm³/mol. The van der Waals surface area contributed by atoms with Gasteiger partial charge in [0.05, 0.1) is 11.3 Å². The third-order valence-electron chi connectivity index (χ3n) is 3.38. The highest BCUT2D eigenvalue weighted by Gasteiger charge is 2.12. The minimum absolute atomic E-state index is 0.0942. The minimum atomic E-state index is -2.99. The number of rotatable bonds is 6. The summed E-state index contributed by atoms with van der Waals surface area (Å²) in [7, 11) is -1.17. The molecule has 0 fully saturated rings. The Kier molecular flexibility index (Phi) is 4.63. The summed E-state index contributed by atoms with van der Waals surface area (Å²) in [6.45, 7) is 1.03. The molecule has 0 unspecified atom stereocenters. The molecule has 4 nitrogen and oxygen atoms in total. The topological polar surface area (TPSA) is 53.2 Å². The van der Waals surface area contributed by atoms with Gasteiger partial charge in [-0.1, -0.05) is 0 Å². The van der Waals surface area contributed by atoms with E-state index in [1.807, 2.05) is 11.9 Å². The Morgan fingerprint density at radius 2 is 1.95 bits per heavy atom. The number of H-pyrrole nitrogens is 1. The summed E-state index contributed by atoms with van der Waals surface area (Å²) < 4.78 is 49.1. The largest absolute Gasteiger partial charge is 0.361 e. The quantitative estimate of drug-likeness (QED) is 0.886. The van der Waals surface area contributed by atoms with Crippen molar-refractivity contribution in [3.8, 4) is 0 Å². The smallest absolute Gasteiger partial charge is 0.148 e. The summed E-state index contributed by atoms with van der Waals surface area (Å²) >= 11 is 0. The van der Waals surface area contributed by atoms with E-state index in [-0.39, 0.29) is 5.75 Å². The number of nitrogens with zero attached hydrogens (tertiary/aromatic N) is 1. The highest BCUT2D eigenvalue weighted by atomic mass is 32.2. The van der Waals surface area contributed by atoms with Gasteiger partial charge in [0.25, 0.3) is 0 Å². The molecule has 1 heterocycles. The fourth-order valence-corrected chi connectivity index (χ4v) is 2.84. The van der Waals surface area contributed by atoms with Gasteiger partial charge in [0, 0.05) is 37.0 Å². The molecule has 1 aromatic heterocycles. The van der Waals surface area contributed by atoms with E-state index in [9.17, 15) is 17.2 Å².